The molecule has 1 N–H and O–H groups in total. The van der Waals surface area contributed by atoms with Gasteiger partial charge in [-0.25, -0.2) is 4.98 Å². The molecule has 112 valence electrons. The molecule has 21 heavy (non-hydrogen) atoms. The Hall–Kier alpha value is -1.71. The van der Waals surface area contributed by atoms with Crippen LogP contribution in [-0.4, -0.2) is 16.7 Å². The number of fused-ring (bicyclic) bond motifs is 2. The van der Waals surface area contributed by atoms with E-state index in [2.05, 4.69) is 24.1 Å². The van der Waals surface area contributed by atoms with E-state index in [0.717, 1.165) is 18.5 Å². The molecule has 0 unspecified atom stereocenters. The van der Waals surface area contributed by atoms with Crippen LogP contribution >= 0.6 is 0 Å². The Labute approximate surface area is 125 Å². The zero-order chi connectivity index (χ0) is 15.5. The summed E-state index contributed by atoms with van der Waals surface area (Å²) < 4.78 is 0. The summed E-state index contributed by atoms with van der Waals surface area (Å²) in [5, 5.41) is 2.93. The van der Waals surface area contributed by atoms with Crippen molar-refractivity contribution >= 4 is 17.5 Å². The topological polar surface area (TPSA) is 59.1 Å². The molecule has 2 aliphatic rings. The average Bonchev–Trinajstić information content (AvgIpc) is 2.69. The molecule has 1 aromatic heterocycles. The number of ketones is 1. The lowest BCUT2D eigenvalue weighted by Crippen LogP contribution is -2.43. The number of hydrogen-bond acceptors (Lipinski definition) is 3. The van der Waals surface area contributed by atoms with Crippen LogP contribution < -0.4 is 5.32 Å². The zero-order valence-corrected chi connectivity index (χ0v) is 13.1. The molecule has 2 aliphatic carbocycles. The highest BCUT2D eigenvalue weighted by Gasteiger charge is 2.72. The molecule has 3 rings (SSSR count). The van der Waals surface area contributed by atoms with Crippen LogP contribution in [0, 0.1) is 23.2 Å². The first-order valence-corrected chi connectivity index (χ1v) is 7.51. The highest BCUT2D eigenvalue weighted by molar-refractivity contribution is 6.04. The minimum absolute atomic E-state index is 0.0554. The summed E-state index contributed by atoms with van der Waals surface area (Å²) in [6.45, 7) is 8.04. The van der Waals surface area contributed by atoms with Gasteiger partial charge in [-0.05, 0) is 37.3 Å². The number of nitrogens with zero attached hydrogens (tertiary/aromatic N) is 1. The van der Waals surface area contributed by atoms with E-state index >= 15 is 0 Å². The number of Topliss-reactive ketones (excluding diaryl/α,β-unsaturated/α-hetero) is 1. The fraction of sp³-hybridized carbons (Fsp3) is 0.588. The minimum Gasteiger partial charge on any atom is -0.310 e. The van der Waals surface area contributed by atoms with Crippen molar-refractivity contribution < 1.29 is 9.59 Å². The van der Waals surface area contributed by atoms with Crippen molar-refractivity contribution in [1.29, 1.82) is 0 Å². The van der Waals surface area contributed by atoms with Gasteiger partial charge in [0.2, 0.25) is 5.91 Å². The predicted molar refractivity (Wildman–Crippen MR) is 80.8 cm³/mol. The third-order valence-corrected chi connectivity index (χ3v) is 6.27. The quantitative estimate of drug-likeness (QED) is 0.908. The average molecular weight is 286 g/mol. The smallest absolute Gasteiger partial charge is 0.232 e. The monoisotopic (exact) mass is 286 g/mol. The van der Waals surface area contributed by atoms with Crippen LogP contribution in [0.5, 0.6) is 0 Å². The van der Waals surface area contributed by atoms with Gasteiger partial charge in [-0.2, -0.15) is 0 Å². The number of amides is 1. The van der Waals surface area contributed by atoms with Gasteiger partial charge in [0.05, 0.1) is 5.41 Å². The number of aryl methyl sites for hydroxylation is 1. The molecule has 0 aromatic carbocycles. The van der Waals surface area contributed by atoms with E-state index in [0.29, 0.717) is 12.2 Å². The van der Waals surface area contributed by atoms with Crippen LogP contribution in [0.4, 0.5) is 5.82 Å². The number of aromatic nitrogens is 1. The van der Waals surface area contributed by atoms with Gasteiger partial charge in [-0.3, -0.25) is 9.59 Å². The van der Waals surface area contributed by atoms with E-state index in [1.54, 1.807) is 6.07 Å². The summed E-state index contributed by atoms with van der Waals surface area (Å²) in [6, 6.07) is 5.56. The standard InChI is InChI=1S/C17H22N2O2/c1-11-6-5-7-13(18-11)19-14(21)17-9-8-16(4,12(20)10-17)15(17,2)3/h5-7H,8-10H2,1-4H3,(H,18,19,21)/t16-,17+/m0/s1. The van der Waals surface area contributed by atoms with Crippen molar-refractivity contribution in [2.45, 2.75) is 47.0 Å². The maximum absolute atomic E-state index is 12.9. The molecule has 1 heterocycles. The molecular weight excluding hydrogens is 264 g/mol. The number of hydrogen-bond donors (Lipinski definition) is 1. The molecule has 2 fully saturated rings. The SMILES string of the molecule is Cc1cccc(NC(=O)[C@@]23CC[C@@](C)(C(=O)C2)C3(C)C)n1. The number of nitrogens with one attached hydrogen (secondary N) is 1. The second-order valence-corrected chi connectivity index (χ2v) is 7.26. The van der Waals surface area contributed by atoms with Gasteiger partial charge in [-0.15, -0.1) is 0 Å². The van der Waals surface area contributed by atoms with Crippen molar-refractivity contribution in [3.63, 3.8) is 0 Å². The lowest BCUT2D eigenvalue weighted by molar-refractivity contribution is -0.131. The van der Waals surface area contributed by atoms with Crippen molar-refractivity contribution in [3.05, 3.63) is 23.9 Å². The van der Waals surface area contributed by atoms with Crippen molar-refractivity contribution in [2.75, 3.05) is 5.32 Å². The third-order valence-electron chi connectivity index (χ3n) is 6.27. The Bertz CT molecular complexity index is 637. The fourth-order valence-electron chi connectivity index (χ4n) is 4.21. The third kappa shape index (κ3) is 1.65. The summed E-state index contributed by atoms with van der Waals surface area (Å²) in [5.41, 5.74) is -0.414. The Kier molecular flexibility index (Phi) is 2.81. The van der Waals surface area contributed by atoms with Crippen LogP contribution in [0.15, 0.2) is 18.2 Å². The van der Waals surface area contributed by atoms with Gasteiger partial charge < -0.3 is 5.32 Å². The van der Waals surface area contributed by atoms with Crippen LogP contribution in [0.1, 0.15) is 45.7 Å². The number of rotatable bonds is 2. The largest absolute Gasteiger partial charge is 0.310 e. The molecular formula is C17H22N2O2. The van der Waals surface area contributed by atoms with E-state index in [9.17, 15) is 9.59 Å². The van der Waals surface area contributed by atoms with Crippen LogP contribution in [0.2, 0.25) is 0 Å². The van der Waals surface area contributed by atoms with Crippen LogP contribution in [0.25, 0.3) is 0 Å². The van der Waals surface area contributed by atoms with Gasteiger partial charge >= 0.3 is 0 Å². The zero-order valence-electron chi connectivity index (χ0n) is 13.1. The van der Waals surface area contributed by atoms with E-state index in [-0.39, 0.29) is 22.5 Å². The van der Waals surface area contributed by atoms with E-state index in [1.165, 1.54) is 0 Å². The first-order valence-electron chi connectivity index (χ1n) is 7.51. The van der Waals surface area contributed by atoms with Gasteiger partial charge in [0.25, 0.3) is 0 Å². The van der Waals surface area contributed by atoms with Crippen molar-refractivity contribution in [3.8, 4) is 0 Å². The maximum atomic E-state index is 12.9. The molecule has 1 amide bonds. The molecule has 2 saturated carbocycles. The molecule has 1 aromatic rings. The second-order valence-electron chi connectivity index (χ2n) is 7.26. The van der Waals surface area contributed by atoms with Gasteiger partial charge in [0.15, 0.2) is 0 Å². The highest BCUT2D eigenvalue weighted by Crippen LogP contribution is 2.70. The van der Waals surface area contributed by atoms with Crippen LogP contribution in [0.3, 0.4) is 0 Å². The van der Waals surface area contributed by atoms with Gasteiger partial charge in [0.1, 0.15) is 11.6 Å². The molecule has 0 saturated heterocycles. The summed E-state index contributed by atoms with van der Waals surface area (Å²) >= 11 is 0. The van der Waals surface area contributed by atoms with E-state index < -0.39 is 5.41 Å². The lowest BCUT2D eigenvalue weighted by Gasteiger charge is -2.38. The van der Waals surface area contributed by atoms with Crippen molar-refractivity contribution in [2.24, 2.45) is 16.2 Å². The van der Waals surface area contributed by atoms with Gasteiger partial charge in [0, 0.05) is 17.5 Å². The Morgan fingerprint density at radius 1 is 1.24 bits per heavy atom. The van der Waals surface area contributed by atoms with Crippen LogP contribution in [-0.2, 0) is 9.59 Å². The van der Waals surface area contributed by atoms with Gasteiger partial charge in [-0.1, -0.05) is 26.8 Å². The lowest BCUT2D eigenvalue weighted by atomic mass is 9.64. The molecule has 0 spiro atoms. The van der Waals surface area contributed by atoms with Crippen molar-refractivity contribution in [1.82, 2.24) is 4.98 Å². The molecule has 2 atom stereocenters. The summed E-state index contributed by atoms with van der Waals surface area (Å²) in [4.78, 5) is 29.6. The fourth-order valence-corrected chi connectivity index (χ4v) is 4.21. The number of carbonyl (C=O) groups is 2. The first kappa shape index (κ1) is 14.2. The second kappa shape index (κ2) is 4.15. The first-order chi connectivity index (χ1) is 9.73. The summed E-state index contributed by atoms with van der Waals surface area (Å²) in [5.74, 6) is 0.740. The maximum Gasteiger partial charge on any atom is 0.232 e. The van der Waals surface area contributed by atoms with E-state index in [4.69, 9.17) is 0 Å². The number of anilines is 1. The molecule has 2 bridgehead atoms. The normalized spacial score (nSPS) is 33.2. The summed E-state index contributed by atoms with van der Waals surface area (Å²) in [7, 11) is 0. The minimum atomic E-state index is -0.593. The Morgan fingerprint density at radius 2 is 1.95 bits per heavy atom. The Balaban J connectivity index is 1.93. The molecule has 0 radical (unpaired) electrons. The number of carbonyl (C=O) groups excluding carboxylic acids is 2. The predicted octanol–water partition coefficient (Wildman–Crippen LogP) is 3.11. The molecule has 4 nitrogen and oxygen atoms in total. The summed E-state index contributed by atoms with van der Waals surface area (Å²) in [6.07, 6.45) is 1.93. The molecule has 4 heteroatoms. The Morgan fingerprint density at radius 3 is 2.48 bits per heavy atom. The molecule has 0 aliphatic heterocycles. The highest BCUT2D eigenvalue weighted by atomic mass is 16.2. The van der Waals surface area contributed by atoms with E-state index in [1.807, 2.05) is 26.0 Å². The number of pyridine rings is 1.